The van der Waals surface area contributed by atoms with Gasteiger partial charge in [-0.1, -0.05) is 0 Å². The number of hydrogen-bond acceptors (Lipinski definition) is 3. The van der Waals surface area contributed by atoms with Gasteiger partial charge in [0.05, 0.1) is 0 Å². The van der Waals surface area contributed by atoms with Crippen molar-refractivity contribution in [3.05, 3.63) is 0 Å². The maximum atomic E-state index is 4.73. The molecule has 0 N–H and O–H groups in total. The van der Waals surface area contributed by atoms with Crippen molar-refractivity contribution >= 4 is 70.8 Å². The van der Waals surface area contributed by atoms with Crippen molar-refractivity contribution in [2.75, 3.05) is 0 Å². The molecule has 0 fully saturated rings. The van der Waals surface area contributed by atoms with Gasteiger partial charge in [0.25, 0.3) is 0 Å². The summed E-state index contributed by atoms with van der Waals surface area (Å²) in [6.45, 7) is 0. The zero-order chi connectivity index (χ0) is 2.00. The van der Waals surface area contributed by atoms with E-state index in [0.29, 0.717) is 0 Å². The van der Waals surface area contributed by atoms with Crippen LogP contribution in [-0.2, 0) is 40.5 Å². The molecule has 0 aromatic carbocycles. The van der Waals surface area contributed by atoms with E-state index in [4.69, 9.17) is 8.92 Å². The van der Waals surface area contributed by atoms with Crippen LogP contribution in [0.15, 0.2) is 0 Å². The molecule has 0 aromatic heterocycles. The fourth-order valence-corrected chi connectivity index (χ4v) is 0. The van der Waals surface area contributed by atoms with Crippen molar-refractivity contribution < 1.29 is 0 Å². The zero-order valence-corrected chi connectivity index (χ0v) is 8.51. The summed E-state index contributed by atoms with van der Waals surface area (Å²) in [4.78, 5) is 0. The average Bonchev–Trinajstić information content (AvgIpc) is 1.00. The molecule has 0 aromatic rings. The van der Waals surface area contributed by atoms with Crippen LogP contribution >= 0.6 is 8.92 Å². The first kappa shape index (κ1) is 27.3. The van der Waals surface area contributed by atoms with Crippen LogP contribution in [0.3, 0.4) is 0 Å². The normalized spacial score (nSPS) is 1.40. The third-order valence-electron chi connectivity index (χ3n) is 0. The third-order valence-corrected chi connectivity index (χ3v) is 0. The van der Waals surface area contributed by atoms with Crippen molar-refractivity contribution in [1.29, 1.82) is 0 Å². The Balaban J connectivity index is -0.00000000167. The smallest absolute Gasteiger partial charge is 0.813 e. The summed E-state index contributed by atoms with van der Waals surface area (Å²) in [6.07, 6.45) is 0. The van der Waals surface area contributed by atoms with Gasteiger partial charge in [-0.2, -0.15) is 0 Å². The van der Waals surface area contributed by atoms with Crippen LogP contribution in [0.2, 0.25) is 0 Å². The Morgan fingerprint density at radius 1 is 0.800 bits per heavy atom. The molecule has 0 aliphatic rings. The van der Waals surface area contributed by atoms with Gasteiger partial charge in [0.1, 0.15) is 0 Å². The van der Waals surface area contributed by atoms with Crippen LogP contribution in [0, 0.1) is 0 Å². The summed E-state index contributed by atoms with van der Waals surface area (Å²) < 4.78 is 0. The molecule has 0 heterocycles. The Morgan fingerprint density at radius 2 is 0.800 bits per heavy atom. The minimum Gasteiger partial charge on any atom is -0.813 e. The molecular formula is H3ClS3Sn. The van der Waals surface area contributed by atoms with Crippen molar-refractivity contribution in [1.82, 2.24) is 0 Å². The first-order chi connectivity index (χ1) is 1.00. The van der Waals surface area contributed by atoms with E-state index in [2.05, 4.69) is 0 Å². The second-order valence-electron chi connectivity index (χ2n) is 0. The summed E-state index contributed by atoms with van der Waals surface area (Å²) in [6, 6.07) is 0. The van der Waals surface area contributed by atoms with E-state index >= 15 is 0 Å². The van der Waals surface area contributed by atoms with Crippen LogP contribution < -0.4 is 0 Å². The Bertz CT molecular complexity index is 6.85. The van der Waals surface area contributed by atoms with Gasteiger partial charge < -0.3 is 40.5 Å². The molecule has 0 radical (unpaired) electrons. The van der Waals surface area contributed by atoms with E-state index in [1.54, 1.807) is 0 Å². The number of hydrogen-bond donors (Lipinski definition) is 0. The van der Waals surface area contributed by atoms with Gasteiger partial charge >= 0.3 is 30.3 Å². The van der Waals surface area contributed by atoms with E-state index in [9.17, 15) is 0 Å². The zero-order valence-electron chi connectivity index (χ0n) is 2.22. The number of halogens is 1. The maximum Gasteiger partial charge on any atom is -0.813 e. The summed E-state index contributed by atoms with van der Waals surface area (Å²) in [5, 5.41) is 0. The van der Waals surface area contributed by atoms with Crippen LogP contribution in [0.1, 0.15) is 0 Å². The standard InChI is InChI=1S/ClH.3H2S.Sn/h1H;3*1H2;/q;;;;+4/p-4. The summed E-state index contributed by atoms with van der Waals surface area (Å²) in [5.74, 6) is 0. The van der Waals surface area contributed by atoms with Gasteiger partial charge in [-0.05, 0) is 0 Å². The predicted octanol–water partition coefficient (Wildman–Crippen LogP) is -0.502. The fraction of sp³-hybridized carbons (Fsp3) is 0. The van der Waals surface area contributed by atoms with Crippen molar-refractivity contribution in [2.45, 2.75) is 0 Å². The minimum absolute atomic E-state index is 0. The quantitative estimate of drug-likeness (QED) is 0.324. The van der Waals surface area contributed by atoms with E-state index in [0.717, 1.165) is 21.4 Å². The summed E-state index contributed by atoms with van der Waals surface area (Å²) in [5.41, 5.74) is 0. The molecule has 0 spiro atoms. The van der Waals surface area contributed by atoms with E-state index in [1.165, 1.54) is 0 Å². The minimum atomic E-state index is 0. The van der Waals surface area contributed by atoms with Crippen LogP contribution in [0.4, 0.5) is 0 Å². The average molecular weight is 253 g/mol. The first-order valence-corrected chi connectivity index (χ1v) is 3.80. The second kappa shape index (κ2) is 35.4. The predicted molar refractivity (Wildman–Crippen MR) is 37.9 cm³/mol. The van der Waals surface area contributed by atoms with Gasteiger partial charge in [0.2, 0.25) is 0 Å². The first-order valence-electron chi connectivity index (χ1n) is 0.189. The Morgan fingerprint density at radius 3 is 0.800 bits per heavy atom. The van der Waals surface area contributed by atoms with Crippen molar-refractivity contribution in [2.24, 2.45) is 0 Å². The Kier molecular flexibility index (Phi) is 194. The topological polar surface area (TPSA) is 0 Å². The molecule has 0 atom stereocenters. The molecule has 5 heteroatoms. The van der Waals surface area contributed by atoms with E-state index in [-0.39, 0.29) is 40.5 Å². The van der Waals surface area contributed by atoms with E-state index < -0.39 is 0 Å². The molecule has 32 valence electrons. The third kappa shape index (κ3) is 23.0. The van der Waals surface area contributed by atoms with Gasteiger partial charge in [-0.3, -0.25) is 0 Å². The number of thiol groups is 3. The molecule has 0 unspecified atom stereocenters. The van der Waals surface area contributed by atoms with Crippen LogP contribution in [0.25, 0.3) is 0 Å². The van der Waals surface area contributed by atoms with Crippen LogP contribution in [0.5, 0.6) is 0 Å². The molecule has 0 amide bonds. The number of rotatable bonds is 0. The largest absolute Gasteiger partial charge is 0.813 e. The molecule has 0 saturated carbocycles. The Labute approximate surface area is 70.2 Å². The molecular weight excluding hydrogens is 250 g/mol. The molecule has 0 rings (SSSR count). The van der Waals surface area contributed by atoms with Gasteiger partial charge in [0, 0.05) is 0 Å². The van der Waals surface area contributed by atoms with Crippen LogP contribution in [-0.4, -0.2) is 21.4 Å². The molecule has 5 heavy (non-hydrogen) atoms. The van der Waals surface area contributed by atoms with Crippen molar-refractivity contribution in [3.63, 3.8) is 0 Å². The SMILES string of the molecule is [Cl][Sn+3].[SH-].[SH-].[SH-]. The van der Waals surface area contributed by atoms with Gasteiger partial charge in [-0.25, -0.2) is 0 Å². The fourth-order valence-electron chi connectivity index (χ4n) is 0. The van der Waals surface area contributed by atoms with Gasteiger partial charge in [-0.15, -0.1) is 0 Å². The molecule has 0 bridgehead atoms. The summed E-state index contributed by atoms with van der Waals surface area (Å²) in [7, 11) is 4.73. The molecule has 0 aliphatic heterocycles. The van der Waals surface area contributed by atoms with E-state index in [1.807, 2.05) is 0 Å². The second-order valence-corrected chi connectivity index (χ2v) is 0. The summed E-state index contributed by atoms with van der Waals surface area (Å²) >= 11 is 1.02. The maximum absolute atomic E-state index is 4.73. The molecule has 0 saturated heterocycles. The molecule has 0 aliphatic carbocycles. The Hall–Kier alpha value is 2.14. The molecule has 0 nitrogen and oxygen atoms in total. The van der Waals surface area contributed by atoms with Crippen molar-refractivity contribution in [3.8, 4) is 0 Å². The monoisotopic (exact) mass is 254 g/mol. The van der Waals surface area contributed by atoms with Gasteiger partial charge in [0.15, 0.2) is 0 Å².